The van der Waals surface area contributed by atoms with E-state index < -0.39 is 5.97 Å². The highest BCUT2D eigenvalue weighted by Crippen LogP contribution is 2.15. The van der Waals surface area contributed by atoms with E-state index in [1.54, 1.807) is 6.07 Å². The van der Waals surface area contributed by atoms with Gasteiger partial charge in [-0.3, -0.25) is 4.89 Å². The summed E-state index contributed by atoms with van der Waals surface area (Å²) in [6, 6.07) is 5.63. The molecule has 0 saturated heterocycles. The molecule has 0 bridgehead atoms. The summed E-state index contributed by atoms with van der Waals surface area (Å²) in [5, 5.41) is 0. The van der Waals surface area contributed by atoms with E-state index in [2.05, 4.69) is 6.92 Å². The standard InChI is InChI=1S/C27H45O3/c1-4-5-6-7-8-9-10-11-12-13-14-15-16-17-18-19-23-29-30-27(28)26-22-20-21-24(2)25(26)3/h20-22H,1,4-19,23H2,2-3H3. The topological polar surface area (TPSA) is 35.5 Å². The predicted octanol–water partition coefficient (Wildman–Crippen LogP) is 8.47. The largest absolute Gasteiger partial charge is 0.373 e. The van der Waals surface area contributed by atoms with Crippen molar-refractivity contribution in [1.29, 1.82) is 0 Å². The summed E-state index contributed by atoms with van der Waals surface area (Å²) >= 11 is 0. The molecular weight excluding hydrogens is 372 g/mol. The third kappa shape index (κ3) is 13.1. The van der Waals surface area contributed by atoms with E-state index in [9.17, 15) is 4.79 Å². The third-order valence-electron chi connectivity index (χ3n) is 5.94. The van der Waals surface area contributed by atoms with Crippen LogP contribution in [-0.2, 0) is 9.78 Å². The molecule has 0 aliphatic carbocycles. The van der Waals surface area contributed by atoms with Gasteiger partial charge in [0.1, 0.15) is 0 Å². The fourth-order valence-corrected chi connectivity index (χ4v) is 3.75. The average molecular weight is 418 g/mol. The first-order chi connectivity index (χ1) is 14.7. The lowest BCUT2D eigenvalue weighted by Crippen LogP contribution is -2.09. The maximum Gasteiger partial charge on any atom is 0.373 e. The molecule has 3 heteroatoms. The van der Waals surface area contributed by atoms with Crippen LogP contribution in [0.1, 0.15) is 124 Å². The van der Waals surface area contributed by atoms with E-state index >= 15 is 0 Å². The predicted molar refractivity (Wildman–Crippen MR) is 127 cm³/mol. The first kappa shape index (κ1) is 26.7. The Kier molecular flexibility index (Phi) is 16.4. The van der Waals surface area contributed by atoms with Gasteiger partial charge in [-0.15, -0.1) is 0 Å². The minimum Gasteiger partial charge on any atom is -0.293 e. The summed E-state index contributed by atoms with van der Waals surface area (Å²) in [6.45, 7) is 8.29. The van der Waals surface area contributed by atoms with Gasteiger partial charge < -0.3 is 0 Å². The Balaban J connectivity index is 1.83. The number of rotatable bonds is 19. The van der Waals surface area contributed by atoms with Gasteiger partial charge in [0.05, 0.1) is 12.2 Å². The second-order valence-electron chi connectivity index (χ2n) is 8.60. The zero-order valence-electron chi connectivity index (χ0n) is 19.7. The van der Waals surface area contributed by atoms with Gasteiger partial charge in [0.15, 0.2) is 0 Å². The third-order valence-corrected chi connectivity index (χ3v) is 5.94. The minimum absolute atomic E-state index is 0.398. The normalized spacial score (nSPS) is 11.0. The van der Waals surface area contributed by atoms with Crippen LogP contribution >= 0.6 is 0 Å². The van der Waals surface area contributed by atoms with Crippen LogP contribution in [0, 0.1) is 20.8 Å². The molecule has 0 heterocycles. The van der Waals surface area contributed by atoms with Crippen LogP contribution in [-0.4, -0.2) is 12.6 Å². The smallest absolute Gasteiger partial charge is 0.293 e. The molecule has 0 unspecified atom stereocenters. The first-order valence-corrected chi connectivity index (χ1v) is 12.4. The van der Waals surface area contributed by atoms with Gasteiger partial charge in [-0.1, -0.05) is 115 Å². The fourth-order valence-electron chi connectivity index (χ4n) is 3.75. The number of carbonyl (C=O) groups is 1. The summed E-state index contributed by atoms with van der Waals surface area (Å²) in [7, 11) is 0. The molecule has 0 atom stereocenters. The van der Waals surface area contributed by atoms with Crippen LogP contribution in [0.2, 0.25) is 0 Å². The Labute approximate surface area is 185 Å². The van der Waals surface area contributed by atoms with Crippen molar-refractivity contribution in [3.63, 3.8) is 0 Å². The number of carbonyl (C=O) groups excluding carboxylic acids is 1. The van der Waals surface area contributed by atoms with Crippen molar-refractivity contribution in [1.82, 2.24) is 0 Å². The van der Waals surface area contributed by atoms with Gasteiger partial charge in [0.2, 0.25) is 0 Å². The second-order valence-corrected chi connectivity index (χ2v) is 8.60. The van der Waals surface area contributed by atoms with Crippen molar-refractivity contribution < 1.29 is 14.6 Å². The summed E-state index contributed by atoms with van der Waals surface area (Å²) in [4.78, 5) is 22.1. The lowest BCUT2D eigenvalue weighted by Gasteiger charge is -2.07. The van der Waals surface area contributed by atoms with E-state index in [0.717, 1.165) is 30.4 Å². The highest BCUT2D eigenvalue weighted by Gasteiger charge is 2.12. The van der Waals surface area contributed by atoms with Gasteiger partial charge in [0, 0.05) is 0 Å². The van der Waals surface area contributed by atoms with Gasteiger partial charge >= 0.3 is 5.97 Å². The molecule has 0 N–H and O–H groups in total. The van der Waals surface area contributed by atoms with Crippen molar-refractivity contribution in [3.8, 4) is 0 Å². The molecule has 0 aliphatic rings. The summed E-state index contributed by atoms with van der Waals surface area (Å²) in [6.07, 6.45) is 20.9. The van der Waals surface area contributed by atoms with Gasteiger partial charge in [-0.05, 0) is 37.5 Å². The Morgan fingerprint density at radius 2 is 1.20 bits per heavy atom. The molecule has 171 valence electrons. The molecule has 1 aromatic carbocycles. The van der Waals surface area contributed by atoms with Crippen molar-refractivity contribution >= 4 is 5.97 Å². The van der Waals surface area contributed by atoms with Crippen molar-refractivity contribution in [3.05, 3.63) is 41.8 Å². The molecule has 30 heavy (non-hydrogen) atoms. The van der Waals surface area contributed by atoms with Crippen LogP contribution < -0.4 is 0 Å². The molecule has 0 aromatic heterocycles. The van der Waals surface area contributed by atoms with Gasteiger partial charge in [-0.25, -0.2) is 4.79 Å². The highest BCUT2D eigenvalue weighted by atomic mass is 17.2. The minimum atomic E-state index is -0.398. The Hall–Kier alpha value is -1.35. The van der Waals surface area contributed by atoms with Gasteiger partial charge in [-0.2, -0.15) is 4.89 Å². The van der Waals surface area contributed by atoms with Crippen LogP contribution in [0.3, 0.4) is 0 Å². The Bertz CT molecular complexity index is 553. The lowest BCUT2D eigenvalue weighted by molar-refractivity contribution is -0.241. The van der Waals surface area contributed by atoms with Crippen LogP contribution in [0.4, 0.5) is 0 Å². The molecule has 0 saturated carbocycles. The number of hydrogen-bond acceptors (Lipinski definition) is 3. The molecule has 0 spiro atoms. The maximum absolute atomic E-state index is 12.0. The van der Waals surface area contributed by atoms with Crippen molar-refractivity contribution in [2.45, 2.75) is 117 Å². The zero-order valence-corrected chi connectivity index (χ0v) is 19.7. The quantitative estimate of drug-likeness (QED) is 0.129. The van der Waals surface area contributed by atoms with E-state index in [4.69, 9.17) is 9.78 Å². The average Bonchev–Trinajstić information content (AvgIpc) is 2.74. The summed E-state index contributed by atoms with van der Waals surface area (Å²) in [5.74, 6) is -0.398. The Morgan fingerprint density at radius 1 is 0.733 bits per heavy atom. The number of unbranched alkanes of at least 4 members (excludes halogenated alkanes) is 15. The molecule has 3 nitrogen and oxygen atoms in total. The molecule has 1 radical (unpaired) electrons. The highest BCUT2D eigenvalue weighted by molar-refractivity contribution is 5.90. The first-order valence-electron chi connectivity index (χ1n) is 12.4. The molecule has 0 amide bonds. The molecule has 0 fully saturated rings. The Morgan fingerprint density at radius 3 is 1.70 bits per heavy atom. The molecule has 1 aromatic rings. The van der Waals surface area contributed by atoms with E-state index in [0.29, 0.717) is 12.2 Å². The fraction of sp³-hybridized carbons (Fsp3) is 0.704. The second kappa shape index (κ2) is 18.4. The van der Waals surface area contributed by atoms with E-state index in [1.807, 2.05) is 26.0 Å². The lowest BCUT2D eigenvalue weighted by atomic mass is 10.0. The SMILES string of the molecule is [CH2]CCCCCCCCCCCCCCCCCOOC(=O)c1cccc(C)c1C. The summed E-state index contributed by atoms with van der Waals surface area (Å²) < 4.78 is 0. The number of aryl methyl sites for hydroxylation is 1. The van der Waals surface area contributed by atoms with Crippen LogP contribution in [0.5, 0.6) is 0 Å². The maximum atomic E-state index is 12.0. The van der Waals surface area contributed by atoms with E-state index in [-0.39, 0.29) is 0 Å². The zero-order chi connectivity index (χ0) is 21.9. The summed E-state index contributed by atoms with van der Waals surface area (Å²) in [5.41, 5.74) is 2.62. The van der Waals surface area contributed by atoms with E-state index in [1.165, 1.54) is 83.5 Å². The number of hydrogen-bond donors (Lipinski definition) is 0. The van der Waals surface area contributed by atoms with Crippen LogP contribution in [0.25, 0.3) is 0 Å². The number of benzene rings is 1. The van der Waals surface area contributed by atoms with Crippen molar-refractivity contribution in [2.75, 3.05) is 6.61 Å². The molecule has 0 aliphatic heterocycles. The molecular formula is C27H45O3. The monoisotopic (exact) mass is 417 g/mol. The van der Waals surface area contributed by atoms with Crippen LogP contribution in [0.15, 0.2) is 18.2 Å². The van der Waals surface area contributed by atoms with Crippen molar-refractivity contribution in [2.24, 2.45) is 0 Å². The van der Waals surface area contributed by atoms with Gasteiger partial charge in [0.25, 0.3) is 0 Å². The molecule has 1 rings (SSSR count).